The Balaban J connectivity index is 1.55. The summed E-state index contributed by atoms with van der Waals surface area (Å²) in [7, 11) is 0. The molecule has 1 nitrogen and oxygen atoms in total. The van der Waals surface area contributed by atoms with E-state index in [9.17, 15) is 17.6 Å². The minimum Gasteiger partial charge on any atom is -0.403 e. The minimum atomic E-state index is -5.01. The molecule has 4 aromatic carbocycles. The Morgan fingerprint density at radius 2 is 1.36 bits per heavy atom. The normalized spacial score (nSPS) is 10.8. The molecule has 4 rings (SSSR count). The van der Waals surface area contributed by atoms with Gasteiger partial charge in [-0.3, -0.25) is 0 Å². The first kappa shape index (κ1) is 24.8. The van der Waals surface area contributed by atoms with Crippen LogP contribution in [0.3, 0.4) is 0 Å². The molecule has 0 heterocycles. The van der Waals surface area contributed by atoms with Crippen LogP contribution >= 0.6 is 0 Å². The van der Waals surface area contributed by atoms with Crippen molar-refractivity contribution in [3.05, 3.63) is 112 Å². The summed E-state index contributed by atoms with van der Waals surface area (Å²) in [6, 6.07) is 19.2. The largest absolute Gasteiger partial charge is 0.573 e. The van der Waals surface area contributed by atoms with E-state index in [0.29, 0.717) is 10.8 Å². The lowest BCUT2D eigenvalue weighted by Crippen LogP contribution is -2.17. The molecule has 0 saturated heterocycles. The van der Waals surface area contributed by atoms with Crippen LogP contribution in [0.1, 0.15) is 41.2 Å². The summed E-state index contributed by atoms with van der Waals surface area (Å²) in [6.45, 7) is 2.13. The van der Waals surface area contributed by atoms with Gasteiger partial charge in [0, 0.05) is 22.1 Å². The zero-order valence-corrected chi connectivity index (χ0v) is 19.1. The molecule has 0 spiro atoms. The van der Waals surface area contributed by atoms with Crippen LogP contribution < -0.4 is 4.74 Å². The molecule has 0 aromatic heterocycles. The minimum absolute atomic E-state index is 0.0736. The lowest BCUT2D eigenvalue weighted by molar-refractivity contribution is -0.275. The maximum Gasteiger partial charge on any atom is 0.573 e. The van der Waals surface area contributed by atoms with Crippen molar-refractivity contribution < 1.29 is 26.7 Å². The van der Waals surface area contributed by atoms with Gasteiger partial charge in [-0.1, -0.05) is 61.3 Å². The van der Waals surface area contributed by atoms with Gasteiger partial charge in [0.2, 0.25) is 0 Å². The Morgan fingerprint density at radius 1 is 0.722 bits per heavy atom. The van der Waals surface area contributed by atoms with Crippen LogP contribution in [-0.2, 0) is 6.42 Å². The summed E-state index contributed by atoms with van der Waals surface area (Å²) in [4.78, 5) is 0. The molecule has 0 atom stereocenters. The maximum absolute atomic E-state index is 15.0. The number of hydrogen-bond donors (Lipinski definition) is 0. The highest BCUT2D eigenvalue weighted by Crippen LogP contribution is 2.26. The fourth-order valence-corrected chi connectivity index (χ4v) is 3.58. The zero-order valence-electron chi connectivity index (χ0n) is 19.1. The Bertz CT molecular complexity index is 1530. The van der Waals surface area contributed by atoms with Crippen LogP contribution in [0.4, 0.5) is 22.0 Å². The highest BCUT2D eigenvalue weighted by atomic mass is 19.4. The van der Waals surface area contributed by atoms with Crippen LogP contribution in [0.2, 0.25) is 0 Å². The van der Waals surface area contributed by atoms with Crippen LogP contribution in [0.25, 0.3) is 10.8 Å². The highest BCUT2D eigenvalue weighted by molar-refractivity contribution is 5.86. The molecule has 6 heteroatoms. The molecule has 0 aliphatic rings. The van der Waals surface area contributed by atoms with Crippen molar-refractivity contribution in [2.75, 3.05) is 0 Å². The average Bonchev–Trinajstić information content (AvgIpc) is 2.84. The van der Waals surface area contributed by atoms with Crippen molar-refractivity contribution >= 4 is 10.8 Å². The van der Waals surface area contributed by atoms with Crippen molar-refractivity contribution in [3.8, 4) is 29.4 Å². The van der Waals surface area contributed by atoms with Gasteiger partial charge < -0.3 is 4.74 Å². The molecule has 0 N–H and O–H groups in total. The lowest BCUT2D eigenvalue weighted by atomic mass is 10.0. The number of hydrogen-bond acceptors (Lipinski definition) is 1. The fourth-order valence-electron chi connectivity index (χ4n) is 3.58. The second kappa shape index (κ2) is 10.5. The molecule has 0 aliphatic heterocycles. The van der Waals surface area contributed by atoms with Gasteiger partial charge in [-0.2, -0.15) is 0 Å². The van der Waals surface area contributed by atoms with Crippen LogP contribution in [0, 0.1) is 35.3 Å². The monoisotopic (exact) mass is 490 g/mol. The van der Waals surface area contributed by atoms with Gasteiger partial charge in [-0.15, -0.1) is 13.2 Å². The molecule has 0 aliphatic carbocycles. The number of ether oxygens (including phenoxy) is 1. The van der Waals surface area contributed by atoms with Gasteiger partial charge >= 0.3 is 6.36 Å². The van der Waals surface area contributed by atoms with Gasteiger partial charge in [0.1, 0.15) is 5.82 Å². The quantitative estimate of drug-likeness (QED) is 0.211. The average molecular weight is 490 g/mol. The van der Waals surface area contributed by atoms with Crippen molar-refractivity contribution in [1.82, 2.24) is 0 Å². The Labute approximate surface area is 205 Å². The highest BCUT2D eigenvalue weighted by Gasteiger charge is 2.32. The second-order valence-electron chi connectivity index (χ2n) is 8.00. The van der Waals surface area contributed by atoms with Gasteiger partial charge in [0.05, 0.1) is 5.56 Å². The third-order valence-corrected chi connectivity index (χ3v) is 5.30. The molecule has 0 fully saturated rings. The first-order chi connectivity index (χ1) is 17.2. The Kier molecular flexibility index (Phi) is 7.27. The smallest absolute Gasteiger partial charge is 0.403 e. The predicted molar refractivity (Wildman–Crippen MR) is 129 cm³/mol. The van der Waals surface area contributed by atoms with E-state index in [1.54, 1.807) is 24.3 Å². The van der Waals surface area contributed by atoms with E-state index in [2.05, 4.69) is 47.5 Å². The third-order valence-electron chi connectivity index (χ3n) is 5.30. The number of rotatable bonds is 3. The lowest BCUT2D eigenvalue weighted by Gasteiger charge is -2.09. The summed E-state index contributed by atoms with van der Waals surface area (Å²) in [6.07, 6.45) is -2.90. The summed E-state index contributed by atoms with van der Waals surface area (Å²) < 4.78 is 69.3. The van der Waals surface area contributed by atoms with Crippen molar-refractivity contribution in [2.24, 2.45) is 0 Å². The van der Waals surface area contributed by atoms with Crippen LogP contribution in [0.5, 0.6) is 5.75 Å². The van der Waals surface area contributed by atoms with E-state index in [1.807, 2.05) is 12.1 Å². The molecule has 0 amide bonds. The number of fused-ring (bicyclic) bond motifs is 1. The standard InChI is InChI=1S/C30H19F5O/c1-2-3-20-4-6-21(7-5-20)8-9-22-11-16-26-25(18-22)15-14-24(29(26)32)13-10-23-12-17-28(27(31)19-23)36-30(33,34)35/h4-7,11-12,14-19H,2-3H2,1H3. The summed E-state index contributed by atoms with van der Waals surface area (Å²) >= 11 is 0. The molecular weight excluding hydrogens is 471 g/mol. The molecular formula is C30H19F5O. The van der Waals surface area contributed by atoms with E-state index in [-0.39, 0.29) is 11.1 Å². The van der Waals surface area contributed by atoms with Crippen molar-refractivity contribution in [3.63, 3.8) is 0 Å². The molecule has 0 unspecified atom stereocenters. The summed E-state index contributed by atoms with van der Waals surface area (Å²) in [5.41, 5.74) is 3.04. The van der Waals surface area contributed by atoms with E-state index < -0.39 is 23.7 Å². The van der Waals surface area contributed by atoms with Crippen molar-refractivity contribution in [1.29, 1.82) is 0 Å². The molecule has 0 saturated carbocycles. The van der Waals surface area contributed by atoms with Crippen molar-refractivity contribution in [2.45, 2.75) is 26.1 Å². The number of halogens is 5. The van der Waals surface area contributed by atoms with E-state index in [4.69, 9.17) is 0 Å². The predicted octanol–water partition coefficient (Wildman–Crippen LogP) is 7.77. The first-order valence-corrected chi connectivity index (χ1v) is 11.1. The number of aryl methyl sites for hydroxylation is 1. The molecule has 36 heavy (non-hydrogen) atoms. The zero-order chi connectivity index (χ0) is 25.7. The van der Waals surface area contributed by atoms with Gasteiger partial charge in [0.25, 0.3) is 0 Å². The Morgan fingerprint density at radius 3 is 2.06 bits per heavy atom. The van der Waals surface area contributed by atoms with Gasteiger partial charge in [-0.05, 0) is 65.9 Å². The maximum atomic E-state index is 15.0. The van der Waals surface area contributed by atoms with Crippen LogP contribution in [-0.4, -0.2) is 6.36 Å². The summed E-state index contributed by atoms with van der Waals surface area (Å²) in [5, 5.41) is 0.985. The third kappa shape index (κ3) is 6.23. The fraction of sp³-hybridized carbons (Fsp3) is 0.133. The van der Waals surface area contributed by atoms with E-state index in [1.165, 1.54) is 17.7 Å². The molecule has 4 aromatic rings. The first-order valence-electron chi connectivity index (χ1n) is 11.1. The Hall–Kier alpha value is -4.29. The molecule has 0 radical (unpaired) electrons. The topological polar surface area (TPSA) is 9.23 Å². The van der Waals surface area contributed by atoms with Crippen LogP contribution in [0.15, 0.2) is 72.8 Å². The summed E-state index contributed by atoms with van der Waals surface area (Å²) in [5.74, 6) is 8.65. The van der Waals surface area contributed by atoms with Gasteiger partial charge in [-0.25, -0.2) is 8.78 Å². The molecule has 180 valence electrons. The van der Waals surface area contributed by atoms with Gasteiger partial charge in [0.15, 0.2) is 11.6 Å². The second-order valence-corrected chi connectivity index (χ2v) is 8.00. The van der Waals surface area contributed by atoms with E-state index in [0.717, 1.165) is 36.1 Å². The molecule has 0 bridgehead atoms. The number of benzene rings is 4. The number of alkyl halides is 3. The van der Waals surface area contributed by atoms with E-state index >= 15 is 4.39 Å². The SMILES string of the molecule is CCCc1ccc(C#Cc2ccc3c(F)c(C#Cc4ccc(OC(F)(F)F)c(F)c4)ccc3c2)cc1.